The van der Waals surface area contributed by atoms with Gasteiger partial charge in [0.25, 0.3) is 0 Å². The Balaban J connectivity index is 0.000000845. The van der Waals surface area contributed by atoms with Crippen molar-refractivity contribution in [3.63, 3.8) is 0 Å². The first-order valence-electron chi connectivity index (χ1n) is 3.50. The summed E-state index contributed by atoms with van der Waals surface area (Å²) in [5.74, 6) is 0.333. The van der Waals surface area contributed by atoms with E-state index in [1.165, 1.54) is 0 Å². The average molecular weight is 185 g/mol. The topological polar surface area (TPSA) is 71.8 Å². The molecule has 0 aliphatic carbocycles. The van der Waals surface area contributed by atoms with Gasteiger partial charge in [-0.25, -0.2) is 4.98 Å². The van der Waals surface area contributed by atoms with Crippen LogP contribution in [-0.2, 0) is 0 Å². The Labute approximate surface area is 96.8 Å². The van der Waals surface area contributed by atoms with Gasteiger partial charge in [0.1, 0.15) is 5.52 Å². The van der Waals surface area contributed by atoms with Gasteiger partial charge in [0.05, 0.1) is 5.52 Å². The van der Waals surface area contributed by atoms with Crippen molar-refractivity contribution in [1.29, 1.82) is 0 Å². The van der Waals surface area contributed by atoms with Crippen LogP contribution in [0.25, 0.3) is 11.0 Å². The quantitative estimate of drug-likeness (QED) is 0.496. The third-order valence-corrected chi connectivity index (χ3v) is 1.69. The molecule has 0 amide bonds. The van der Waals surface area contributed by atoms with Gasteiger partial charge in [-0.15, -0.1) is 0 Å². The van der Waals surface area contributed by atoms with E-state index in [-0.39, 0.29) is 29.6 Å². The number of aldehydes is 1. The summed E-state index contributed by atoms with van der Waals surface area (Å²) >= 11 is 0. The number of aromatic amines is 1. The average Bonchev–Trinajstić information content (AvgIpc) is 2.44. The van der Waals surface area contributed by atoms with Crippen molar-refractivity contribution in [2.24, 2.45) is 0 Å². The summed E-state index contributed by atoms with van der Waals surface area (Å²) in [5, 5.41) is 0. The molecule has 5 heteroatoms. The molecule has 0 bridgehead atoms. The van der Waals surface area contributed by atoms with E-state index in [1.54, 1.807) is 12.1 Å². The number of anilines is 1. The van der Waals surface area contributed by atoms with E-state index >= 15 is 0 Å². The number of nitrogens with two attached hydrogens (primary N) is 1. The molecule has 1 aromatic carbocycles. The third-order valence-electron chi connectivity index (χ3n) is 1.69. The molecule has 0 spiro atoms. The van der Waals surface area contributed by atoms with Crippen LogP contribution in [0.3, 0.4) is 0 Å². The Morgan fingerprint density at radius 2 is 2.23 bits per heavy atom. The first-order valence-corrected chi connectivity index (χ1v) is 3.50. The van der Waals surface area contributed by atoms with Crippen molar-refractivity contribution in [2.75, 3.05) is 5.73 Å². The fourth-order valence-corrected chi connectivity index (χ4v) is 1.17. The molecular formula is C8H8N3NaO. The van der Waals surface area contributed by atoms with Crippen LogP contribution in [-0.4, -0.2) is 45.8 Å². The van der Waals surface area contributed by atoms with Crippen molar-refractivity contribution in [1.82, 2.24) is 9.97 Å². The number of nitrogens with zero attached hydrogens (tertiary/aromatic N) is 1. The van der Waals surface area contributed by atoms with Crippen LogP contribution in [0.2, 0.25) is 0 Å². The molecule has 0 atom stereocenters. The number of nitrogens with one attached hydrogen (secondary N) is 1. The van der Waals surface area contributed by atoms with Crippen LogP contribution < -0.4 is 5.73 Å². The molecule has 2 aromatic rings. The van der Waals surface area contributed by atoms with Crippen LogP contribution in [0.1, 0.15) is 10.4 Å². The number of carbonyl (C=O) groups is 1. The van der Waals surface area contributed by atoms with E-state index in [2.05, 4.69) is 9.97 Å². The molecule has 3 N–H and O–H groups in total. The van der Waals surface area contributed by atoms with Crippen LogP contribution in [0.4, 0.5) is 5.95 Å². The molecule has 13 heavy (non-hydrogen) atoms. The Hall–Kier alpha value is -0.840. The van der Waals surface area contributed by atoms with Crippen molar-refractivity contribution in [3.05, 3.63) is 23.8 Å². The second-order valence-electron chi connectivity index (χ2n) is 2.48. The van der Waals surface area contributed by atoms with Gasteiger partial charge in [-0.05, 0) is 12.1 Å². The van der Waals surface area contributed by atoms with Crippen molar-refractivity contribution >= 4 is 52.8 Å². The van der Waals surface area contributed by atoms with Crippen LogP contribution in [0.5, 0.6) is 0 Å². The number of nitrogen functional groups attached to an aromatic ring is 1. The number of H-pyrrole nitrogens is 1. The molecule has 1 aromatic heterocycles. The molecule has 0 aliphatic heterocycles. The summed E-state index contributed by atoms with van der Waals surface area (Å²) < 4.78 is 0. The molecule has 0 saturated heterocycles. The first kappa shape index (κ1) is 10.2. The summed E-state index contributed by atoms with van der Waals surface area (Å²) in [4.78, 5) is 17.4. The number of benzene rings is 1. The second kappa shape index (κ2) is 3.91. The van der Waals surface area contributed by atoms with Gasteiger partial charge in [-0.1, -0.05) is 6.07 Å². The van der Waals surface area contributed by atoms with E-state index < -0.39 is 0 Å². The van der Waals surface area contributed by atoms with Gasteiger partial charge in [0.2, 0.25) is 0 Å². The monoisotopic (exact) mass is 185 g/mol. The van der Waals surface area contributed by atoms with Gasteiger partial charge >= 0.3 is 29.6 Å². The maximum absolute atomic E-state index is 10.5. The summed E-state index contributed by atoms with van der Waals surface area (Å²) in [6, 6.07) is 5.31. The van der Waals surface area contributed by atoms with Gasteiger partial charge in [0.15, 0.2) is 12.2 Å². The molecule has 0 saturated carbocycles. The standard InChI is InChI=1S/C8H7N3O.Na.H/c9-8-10-6-3-1-2-5(4-12)7(6)11-8;;/h1-4H,(H3,9,10,11);;. The van der Waals surface area contributed by atoms with Crippen LogP contribution in [0, 0.1) is 0 Å². The zero-order chi connectivity index (χ0) is 8.55. The molecular weight excluding hydrogens is 177 g/mol. The first-order chi connectivity index (χ1) is 5.81. The van der Waals surface area contributed by atoms with Crippen molar-refractivity contribution in [3.8, 4) is 0 Å². The number of fused-ring (bicyclic) bond motifs is 1. The second-order valence-corrected chi connectivity index (χ2v) is 2.48. The Kier molecular flexibility index (Phi) is 3.08. The molecule has 1 heterocycles. The Morgan fingerprint density at radius 3 is 2.92 bits per heavy atom. The fraction of sp³-hybridized carbons (Fsp3) is 0. The van der Waals surface area contributed by atoms with E-state index in [0.717, 1.165) is 11.8 Å². The van der Waals surface area contributed by atoms with E-state index in [9.17, 15) is 4.79 Å². The fourth-order valence-electron chi connectivity index (χ4n) is 1.17. The van der Waals surface area contributed by atoms with E-state index in [4.69, 9.17) is 5.73 Å². The summed E-state index contributed by atoms with van der Waals surface area (Å²) in [6.45, 7) is 0. The maximum atomic E-state index is 10.5. The van der Waals surface area contributed by atoms with Gasteiger partial charge in [-0.2, -0.15) is 0 Å². The number of hydrogen-bond donors (Lipinski definition) is 2. The molecule has 4 nitrogen and oxygen atoms in total. The predicted molar refractivity (Wildman–Crippen MR) is 53.0 cm³/mol. The number of aromatic nitrogens is 2. The molecule has 62 valence electrons. The van der Waals surface area contributed by atoms with Crippen molar-refractivity contribution < 1.29 is 4.79 Å². The molecule has 0 unspecified atom stereocenters. The summed E-state index contributed by atoms with van der Waals surface area (Å²) in [5.41, 5.74) is 7.41. The zero-order valence-electron chi connectivity index (χ0n) is 6.24. The molecule has 2 rings (SSSR count). The SMILES string of the molecule is Nc1nc2c(C=O)cccc2[nH]1.[NaH]. The number of hydrogen-bond acceptors (Lipinski definition) is 3. The van der Waals surface area contributed by atoms with Gasteiger partial charge in [0, 0.05) is 5.56 Å². The summed E-state index contributed by atoms with van der Waals surface area (Å²) in [6.07, 6.45) is 0.766. The summed E-state index contributed by atoms with van der Waals surface area (Å²) in [7, 11) is 0. The number of carbonyl (C=O) groups excluding carboxylic acids is 1. The van der Waals surface area contributed by atoms with E-state index in [1.807, 2.05) is 6.07 Å². The number of para-hydroxylation sites is 1. The number of rotatable bonds is 1. The molecule has 0 radical (unpaired) electrons. The molecule has 0 fully saturated rings. The normalized spacial score (nSPS) is 9.54. The molecule has 0 aliphatic rings. The zero-order valence-corrected chi connectivity index (χ0v) is 6.24. The third kappa shape index (κ3) is 1.75. The Morgan fingerprint density at radius 1 is 1.46 bits per heavy atom. The number of imidazole rings is 1. The van der Waals surface area contributed by atoms with Gasteiger partial charge in [-0.3, -0.25) is 4.79 Å². The minimum atomic E-state index is 0. The predicted octanol–water partition coefficient (Wildman–Crippen LogP) is 0.309. The van der Waals surface area contributed by atoms with Crippen LogP contribution in [0.15, 0.2) is 18.2 Å². The van der Waals surface area contributed by atoms with Gasteiger partial charge < -0.3 is 10.7 Å². The minimum absolute atomic E-state index is 0. The Bertz CT molecular complexity index is 438. The van der Waals surface area contributed by atoms with Crippen LogP contribution >= 0.6 is 0 Å². The van der Waals surface area contributed by atoms with E-state index in [0.29, 0.717) is 17.0 Å². The van der Waals surface area contributed by atoms with Crippen molar-refractivity contribution in [2.45, 2.75) is 0 Å².